The highest BCUT2D eigenvalue weighted by molar-refractivity contribution is 5.91. The van der Waals surface area contributed by atoms with Gasteiger partial charge < -0.3 is 9.84 Å². The molecule has 7 nitrogen and oxygen atoms in total. The highest BCUT2D eigenvalue weighted by Crippen LogP contribution is 2.20. The van der Waals surface area contributed by atoms with Crippen LogP contribution in [0.4, 0.5) is 5.69 Å². The monoisotopic (exact) mass is 325 g/mol. The van der Waals surface area contributed by atoms with Crippen LogP contribution in [-0.4, -0.2) is 26.2 Å². The van der Waals surface area contributed by atoms with Gasteiger partial charge >= 0.3 is 0 Å². The second-order valence-corrected chi connectivity index (χ2v) is 5.68. The molecular formula is C17H19N5O2. The lowest BCUT2D eigenvalue weighted by atomic mass is 10.1. The molecule has 0 spiro atoms. The molecule has 0 aliphatic rings. The predicted octanol–water partition coefficient (Wildman–Crippen LogP) is 2.96. The van der Waals surface area contributed by atoms with Crippen molar-refractivity contribution in [2.75, 3.05) is 5.32 Å². The number of hydrogen-bond acceptors (Lipinski definition) is 5. The Morgan fingerprint density at radius 3 is 2.79 bits per heavy atom. The lowest BCUT2D eigenvalue weighted by molar-refractivity contribution is -0.116. The van der Waals surface area contributed by atoms with Crippen LogP contribution in [-0.2, 0) is 11.2 Å². The van der Waals surface area contributed by atoms with Crippen molar-refractivity contribution in [3.8, 4) is 11.4 Å². The summed E-state index contributed by atoms with van der Waals surface area (Å²) in [5, 5.41) is 13.7. The lowest BCUT2D eigenvalue weighted by Crippen LogP contribution is -2.12. The summed E-state index contributed by atoms with van der Waals surface area (Å²) in [6, 6.07) is 7.47. The van der Waals surface area contributed by atoms with Crippen molar-refractivity contribution in [2.45, 2.75) is 33.6 Å². The Morgan fingerprint density at radius 1 is 1.29 bits per heavy atom. The zero-order valence-electron chi connectivity index (χ0n) is 13.9. The molecule has 0 radical (unpaired) electrons. The van der Waals surface area contributed by atoms with E-state index in [1.54, 1.807) is 0 Å². The Bertz CT molecular complexity index is 846. The standard InChI is InChI=1S/C17H19N5O2/c1-10-15(11(2)24-22-10)7-8-16(23)19-14-6-4-5-13(9-14)17-18-12(3)20-21-17/h4-6,9H,7-8H2,1-3H3,(H,19,23)(H,18,20,21). The second-order valence-electron chi connectivity index (χ2n) is 5.68. The second kappa shape index (κ2) is 6.66. The first-order chi connectivity index (χ1) is 11.5. The van der Waals surface area contributed by atoms with Crippen LogP contribution in [0.25, 0.3) is 11.4 Å². The van der Waals surface area contributed by atoms with E-state index in [1.165, 1.54) is 0 Å². The number of H-pyrrole nitrogens is 1. The topological polar surface area (TPSA) is 96.7 Å². The van der Waals surface area contributed by atoms with Crippen LogP contribution >= 0.6 is 0 Å². The van der Waals surface area contributed by atoms with Crippen LogP contribution < -0.4 is 5.32 Å². The quantitative estimate of drug-likeness (QED) is 0.751. The molecular weight excluding hydrogens is 306 g/mol. The van der Waals surface area contributed by atoms with E-state index in [4.69, 9.17) is 4.52 Å². The van der Waals surface area contributed by atoms with Gasteiger partial charge in [0.25, 0.3) is 0 Å². The van der Waals surface area contributed by atoms with E-state index >= 15 is 0 Å². The number of hydrogen-bond donors (Lipinski definition) is 2. The SMILES string of the molecule is Cc1nc(-c2cccc(NC(=O)CCc3c(C)noc3C)c2)n[nH]1. The van der Waals surface area contributed by atoms with E-state index in [0.29, 0.717) is 18.7 Å². The third kappa shape index (κ3) is 3.51. The van der Waals surface area contributed by atoms with Gasteiger partial charge in [-0.2, -0.15) is 5.10 Å². The molecule has 3 aromatic rings. The van der Waals surface area contributed by atoms with E-state index in [1.807, 2.05) is 45.0 Å². The number of benzene rings is 1. The largest absolute Gasteiger partial charge is 0.361 e. The molecule has 7 heteroatoms. The zero-order valence-corrected chi connectivity index (χ0v) is 13.9. The molecule has 0 bridgehead atoms. The van der Waals surface area contributed by atoms with Crippen molar-refractivity contribution in [3.63, 3.8) is 0 Å². The molecule has 24 heavy (non-hydrogen) atoms. The molecule has 1 amide bonds. The van der Waals surface area contributed by atoms with E-state index < -0.39 is 0 Å². The first-order valence-electron chi connectivity index (χ1n) is 7.74. The minimum Gasteiger partial charge on any atom is -0.361 e. The highest BCUT2D eigenvalue weighted by Gasteiger charge is 2.12. The summed E-state index contributed by atoms with van der Waals surface area (Å²) in [4.78, 5) is 16.5. The van der Waals surface area contributed by atoms with E-state index in [9.17, 15) is 4.79 Å². The van der Waals surface area contributed by atoms with Crippen LogP contribution in [0.2, 0.25) is 0 Å². The van der Waals surface area contributed by atoms with Gasteiger partial charge in [0.1, 0.15) is 11.6 Å². The van der Waals surface area contributed by atoms with E-state index in [-0.39, 0.29) is 5.91 Å². The summed E-state index contributed by atoms with van der Waals surface area (Å²) in [6.45, 7) is 5.58. The Labute approximate surface area is 139 Å². The number of nitrogens with zero attached hydrogens (tertiary/aromatic N) is 3. The number of rotatable bonds is 5. The van der Waals surface area contributed by atoms with E-state index in [0.717, 1.165) is 34.1 Å². The van der Waals surface area contributed by atoms with Gasteiger partial charge in [0.15, 0.2) is 5.82 Å². The average molecular weight is 325 g/mol. The van der Waals surface area contributed by atoms with Crippen LogP contribution in [0.5, 0.6) is 0 Å². The summed E-state index contributed by atoms with van der Waals surface area (Å²) in [6.07, 6.45) is 0.972. The fourth-order valence-electron chi connectivity index (χ4n) is 2.53. The minimum atomic E-state index is -0.0571. The third-order valence-corrected chi connectivity index (χ3v) is 3.79. The van der Waals surface area contributed by atoms with Crippen molar-refractivity contribution in [2.24, 2.45) is 0 Å². The summed E-state index contributed by atoms with van der Waals surface area (Å²) >= 11 is 0. The summed E-state index contributed by atoms with van der Waals surface area (Å²) in [5.74, 6) is 2.07. The van der Waals surface area contributed by atoms with Gasteiger partial charge in [-0.15, -0.1) is 0 Å². The molecule has 0 saturated heterocycles. The van der Waals surface area contributed by atoms with Gasteiger partial charge in [-0.3, -0.25) is 9.89 Å². The number of anilines is 1. The summed E-state index contributed by atoms with van der Waals surface area (Å²) in [5.41, 5.74) is 3.40. The number of carbonyl (C=O) groups excluding carboxylic acids is 1. The first kappa shape index (κ1) is 15.9. The Morgan fingerprint density at radius 2 is 2.12 bits per heavy atom. The maximum atomic E-state index is 12.2. The van der Waals surface area contributed by atoms with Gasteiger partial charge in [0.2, 0.25) is 5.91 Å². The molecule has 2 heterocycles. The Balaban J connectivity index is 1.64. The maximum absolute atomic E-state index is 12.2. The van der Waals surface area contributed by atoms with Gasteiger partial charge in [-0.25, -0.2) is 4.98 Å². The Hall–Kier alpha value is -2.96. The predicted molar refractivity (Wildman–Crippen MR) is 89.5 cm³/mol. The van der Waals surface area contributed by atoms with Gasteiger partial charge in [0.05, 0.1) is 5.69 Å². The van der Waals surface area contributed by atoms with E-state index in [2.05, 4.69) is 25.7 Å². The third-order valence-electron chi connectivity index (χ3n) is 3.79. The maximum Gasteiger partial charge on any atom is 0.224 e. The van der Waals surface area contributed by atoms with Crippen molar-refractivity contribution in [1.82, 2.24) is 20.3 Å². The molecule has 0 saturated carbocycles. The highest BCUT2D eigenvalue weighted by atomic mass is 16.5. The van der Waals surface area contributed by atoms with Gasteiger partial charge in [-0.1, -0.05) is 17.3 Å². The van der Waals surface area contributed by atoms with Crippen LogP contribution in [0.15, 0.2) is 28.8 Å². The number of amides is 1. The molecule has 124 valence electrons. The lowest BCUT2D eigenvalue weighted by Gasteiger charge is -2.06. The molecule has 0 aliphatic heterocycles. The number of carbonyl (C=O) groups is 1. The molecule has 2 aromatic heterocycles. The van der Waals surface area contributed by atoms with Gasteiger partial charge in [-0.05, 0) is 39.3 Å². The number of aromatic nitrogens is 4. The number of aromatic amines is 1. The molecule has 1 aromatic carbocycles. The Kier molecular flexibility index (Phi) is 4.41. The van der Waals surface area contributed by atoms with Crippen molar-refractivity contribution in [3.05, 3.63) is 47.1 Å². The molecule has 0 unspecified atom stereocenters. The summed E-state index contributed by atoms with van der Waals surface area (Å²) < 4.78 is 5.11. The van der Waals surface area contributed by atoms with Gasteiger partial charge in [0, 0.05) is 23.2 Å². The molecule has 3 rings (SSSR count). The normalized spacial score (nSPS) is 10.8. The number of aryl methyl sites for hydroxylation is 3. The van der Waals surface area contributed by atoms with Crippen molar-refractivity contribution >= 4 is 11.6 Å². The number of nitrogens with one attached hydrogen (secondary N) is 2. The average Bonchev–Trinajstić information content (AvgIpc) is 3.12. The molecule has 0 atom stereocenters. The van der Waals surface area contributed by atoms with Crippen molar-refractivity contribution < 1.29 is 9.32 Å². The van der Waals surface area contributed by atoms with Crippen molar-refractivity contribution in [1.29, 1.82) is 0 Å². The fourth-order valence-corrected chi connectivity index (χ4v) is 2.53. The summed E-state index contributed by atoms with van der Waals surface area (Å²) in [7, 11) is 0. The molecule has 2 N–H and O–H groups in total. The molecule has 0 aliphatic carbocycles. The first-order valence-corrected chi connectivity index (χ1v) is 7.74. The minimum absolute atomic E-state index is 0.0571. The zero-order chi connectivity index (χ0) is 17.1. The van der Waals surface area contributed by atoms with Crippen LogP contribution in [0.3, 0.4) is 0 Å². The van der Waals surface area contributed by atoms with Crippen LogP contribution in [0, 0.1) is 20.8 Å². The molecule has 0 fully saturated rings. The van der Waals surface area contributed by atoms with Crippen LogP contribution in [0.1, 0.15) is 29.3 Å². The fraction of sp³-hybridized carbons (Fsp3) is 0.294. The smallest absolute Gasteiger partial charge is 0.224 e.